The standard InChI is InChI=1S/C14H15N.C6H8O4/c1-3-7-13(8-4-1)11-15-12-14-9-5-2-6-10-14;7-4(8)6(5(9)10)2-1-3-6/h1-10,15H,11-12H2;1-3H2,(H,7,8)(H,9,10). The van der Waals surface area contributed by atoms with Gasteiger partial charge in [-0.05, 0) is 12.8 Å². The zero-order valence-electron chi connectivity index (χ0n) is 14.1. The van der Waals surface area contributed by atoms with E-state index < -0.39 is 17.4 Å². The monoisotopic (exact) mass is 341 g/mol. The molecule has 1 aliphatic rings. The van der Waals surface area contributed by atoms with E-state index in [4.69, 9.17) is 5.11 Å². The Bertz CT molecular complexity index is 626. The summed E-state index contributed by atoms with van der Waals surface area (Å²) in [6, 6.07) is 21.1. The average molecular weight is 341 g/mol. The van der Waals surface area contributed by atoms with Gasteiger partial charge in [0.05, 0.1) is 5.97 Å². The second-order valence-corrected chi connectivity index (χ2v) is 6.20. The maximum Gasteiger partial charge on any atom is 0.315 e. The normalized spacial score (nSPS) is 14.6. The number of carboxylic acid groups (broad SMARTS) is 2. The smallest absolute Gasteiger partial charge is 0.315 e. The molecule has 0 atom stereocenters. The van der Waals surface area contributed by atoms with Crippen LogP contribution in [0.5, 0.6) is 0 Å². The van der Waals surface area contributed by atoms with E-state index in [9.17, 15) is 14.7 Å². The highest BCUT2D eigenvalue weighted by molar-refractivity contribution is 5.98. The maximum atomic E-state index is 10.3. The van der Waals surface area contributed by atoms with Gasteiger partial charge >= 0.3 is 5.97 Å². The van der Waals surface area contributed by atoms with Crippen LogP contribution in [0.4, 0.5) is 0 Å². The number of carbonyl (C=O) groups excluding carboxylic acids is 1. The Labute approximate surface area is 147 Å². The van der Waals surface area contributed by atoms with Gasteiger partial charge in [-0.2, -0.15) is 0 Å². The summed E-state index contributed by atoms with van der Waals surface area (Å²) in [5, 5.41) is 21.0. The van der Waals surface area contributed by atoms with Crippen LogP contribution in [0.2, 0.25) is 0 Å². The lowest BCUT2D eigenvalue weighted by Gasteiger charge is -2.38. The Morgan fingerprint density at radius 3 is 1.60 bits per heavy atom. The van der Waals surface area contributed by atoms with Crippen LogP contribution in [0.3, 0.4) is 0 Å². The van der Waals surface area contributed by atoms with E-state index in [1.807, 2.05) is 0 Å². The van der Waals surface area contributed by atoms with Crippen LogP contribution in [0.15, 0.2) is 60.7 Å². The van der Waals surface area contributed by atoms with E-state index in [1.165, 1.54) is 11.1 Å². The first-order valence-electron chi connectivity index (χ1n) is 8.39. The summed E-state index contributed by atoms with van der Waals surface area (Å²) < 4.78 is 0. The molecular weight excluding hydrogens is 318 g/mol. The van der Waals surface area contributed by atoms with Crippen molar-refractivity contribution < 1.29 is 25.1 Å². The molecule has 0 bridgehead atoms. The molecule has 3 N–H and O–H groups in total. The molecule has 5 nitrogen and oxygen atoms in total. The Balaban J connectivity index is 0.000000196. The summed E-state index contributed by atoms with van der Waals surface area (Å²) in [6.45, 7) is 2.10. The van der Waals surface area contributed by atoms with Crippen LogP contribution in [0.1, 0.15) is 30.4 Å². The first-order valence-corrected chi connectivity index (χ1v) is 8.39. The van der Waals surface area contributed by atoms with Crippen LogP contribution in [0.25, 0.3) is 0 Å². The zero-order valence-corrected chi connectivity index (χ0v) is 14.1. The molecule has 132 valence electrons. The zero-order chi connectivity index (χ0) is 18.1. The molecule has 0 saturated heterocycles. The first-order chi connectivity index (χ1) is 12.0. The lowest BCUT2D eigenvalue weighted by molar-refractivity contribution is -0.686. The summed E-state index contributed by atoms with van der Waals surface area (Å²) in [7, 11) is 0. The molecule has 5 heteroatoms. The number of quaternary nitrogens is 1. The molecule has 25 heavy (non-hydrogen) atoms. The number of carbonyl (C=O) groups is 2. The van der Waals surface area contributed by atoms with Crippen molar-refractivity contribution in [3.05, 3.63) is 71.8 Å². The molecule has 2 aromatic carbocycles. The fourth-order valence-corrected chi connectivity index (χ4v) is 2.67. The fourth-order valence-electron chi connectivity index (χ4n) is 2.67. The highest BCUT2D eigenvalue weighted by Gasteiger charge is 2.45. The second-order valence-electron chi connectivity index (χ2n) is 6.20. The number of nitrogens with two attached hydrogens (primary N) is 1. The van der Waals surface area contributed by atoms with Gasteiger partial charge in [0.2, 0.25) is 0 Å². The van der Waals surface area contributed by atoms with Crippen molar-refractivity contribution in [1.82, 2.24) is 0 Å². The van der Waals surface area contributed by atoms with Crippen LogP contribution in [-0.4, -0.2) is 17.0 Å². The van der Waals surface area contributed by atoms with Crippen LogP contribution in [-0.2, 0) is 22.7 Å². The van der Waals surface area contributed by atoms with Crippen molar-refractivity contribution >= 4 is 11.9 Å². The van der Waals surface area contributed by atoms with Gasteiger partial charge in [-0.15, -0.1) is 0 Å². The molecular formula is C20H23NO4. The molecule has 2 aromatic rings. The molecule has 0 unspecified atom stereocenters. The summed E-state index contributed by atoms with van der Waals surface area (Å²) in [5.41, 5.74) is 1.21. The van der Waals surface area contributed by atoms with Crippen molar-refractivity contribution in [3.63, 3.8) is 0 Å². The van der Waals surface area contributed by atoms with Crippen molar-refractivity contribution in [1.29, 1.82) is 0 Å². The van der Waals surface area contributed by atoms with Gasteiger partial charge < -0.3 is 20.3 Å². The van der Waals surface area contributed by atoms with Crippen LogP contribution < -0.4 is 10.4 Å². The first kappa shape index (κ1) is 18.7. The van der Waals surface area contributed by atoms with Gasteiger partial charge in [-0.3, -0.25) is 4.79 Å². The third kappa shape index (κ3) is 5.16. The van der Waals surface area contributed by atoms with E-state index in [1.54, 1.807) is 0 Å². The van der Waals surface area contributed by atoms with Crippen LogP contribution >= 0.6 is 0 Å². The predicted octanol–water partition coefficient (Wildman–Crippen LogP) is 0.941. The number of benzene rings is 2. The van der Waals surface area contributed by atoms with E-state index in [0.717, 1.165) is 13.1 Å². The lowest BCUT2D eigenvalue weighted by atomic mass is 9.69. The van der Waals surface area contributed by atoms with E-state index in [2.05, 4.69) is 66.0 Å². The van der Waals surface area contributed by atoms with Gasteiger partial charge in [0, 0.05) is 11.1 Å². The Kier molecular flexibility index (Phi) is 6.71. The highest BCUT2D eigenvalue weighted by atomic mass is 16.4. The Hall–Kier alpha value is -2.66. The third-order valence-electron chi connectivity index (χ3n) is 4.45. The molecule has 0 amide bonds. The minimum Gasteiger partial charge on any atom is -0.549 e. The number of aliphatic carboxylic acids is 2. The summed E-state index contributed by atoms with van der Waals surface area (Å²) in [5.74, 6) is -2.72. The van der Waals surface area contributed by atoms with E-state index in [-0.39, 0.29) is 12.8 Å². The molecule has 1 saturated carbocycles. The molecule has 1 fully saturated rings. The highest BCUT2D eigenvalue weighted by Crippen LogP contribution is 2.40. The maximum absolute atomic E-state index is 10.3. The number of hydrogen-bond donors (Lipinski definition) is 2. The third-order valence-corrected chi connectivity index (χ3v) is 4.45. The fraction of sp³-hybridized carbons (Fsp3) is 0.300. The van der Waals surface area contributed by atoms with E-state index in [0.29, 0.717) is 6.42 Å². The average Bonchev–Trinajstić information content (AvgIpc) is 2.55. The minimum absolute atomic E-state index is 0.213. The number of carboxylic acids is 2. The summed E-state index contributed by atoms with van der Waals surface area (Å²) in [4.78, 5) is 20.6. The quantitative estimate of drug-likeness (QED) is 0.765. The van der Waals surface area contributed by atoms with Crippen molar-refractivity contribution in [2.24, 2.45) is 5.41 Å². The Morgan fingerprint density at radius 1 is 0.920 bits per heavy atom. The molecule has 0 spiro atoms. The van der Waals surface area contributed by atoms with Gasteiger partial charge in [0.1, 0.15) is 18.5 Å². The van der Waals surface area contributed by atoms with Gasteiger partial charge in [-0.1, -0.05) is 67.1 Å². The van der Waals surface area contributed by atoms with Crippen molar-refractivity contribution in [3.8, 4) is 0 Å². The second kappa shape index (κ2) is 8.99. The van der Waals surface area contributed by atoms with Gasteiger partial charge in [-0.25, -0.2) is 0 Å². The Morgan fingerprint density at radius 2 is 1.36 bits per heavy atom. The topological polar surface area (TPSA) is 94.0 Å². The van der Waals surface area contributed by atoms with Crippen LogP contribution in [0, 0.1) is 5.41 Å². The predicted molar refractivity (Wildman–Crippen MR) is 91.1 cm³/mol. The van der Waals surface area contributed by atoms with E-state index >= 15 is 0 Å². The number of rotatable bonds is 6. The molecule has 0 aliphatic heterocycles. The van der Waals surface area contributed by atoms with Crippen molar-refractivity contribution in [2.45, 2.75) is 32.4 Å². The summed E-state index contributed by atoms with van der Waals surface area (Å²) in [6.07, 6.45) is 1.09. The SMILES string of the molecule is O=C([O-])C1(C(=O)O)CCC1.c1ccc(C[NH2+]Cc2ccccc2)cc1. The molecule has 3 rings (SSSR count). The molecule has 1 aliphatic carbocycles. The number of hydrogen-bond acceptors (Lipinski definition) is 3. The molecule has 0 radical (unpaired) electrons. The largest absolute Gasteiger partial charge is 0.549 e. The molecule has 0 aromatic heterocycles. The molecule has 0 heterocycles. The lowest BCUT2D eigenvalue weighted by Crippen LogP contribution is -2.80. The van der Waals surface area contributed by atoms with Crippen molar-refractivity contribution in [2.75, 3.05) is 0 Å². The summed E-state index contributed by atoms with van der Waals surface area (Å²) >= 11 is 0. The van der Waals surface area contributed by atoms with Gasteiger partial charge in [0.25, 0.3) is 0 Å². The minimum atomic E-state index is -1.56. The van der Waals surface area contributed by atoms with Gasteiger partial charge in [0.15, 0.2) is 0 Å².